The Morgan fingerprint density at radius 3 is 2.41 bits per heavy atom. The summed E-state index contributed by atoms with van der Waals surface area (Å²) in [7, 11) is 3.73. The molecule has 0 aliphatic carbocycles. The summed E-state index contributed by atoms with van der Waals surface area (Å²) < 4.78 is 1.90. The highest BCUT2D eigenvalue weighted by molar-refractivity contribution is 7.99. The number of pyridine rings is 1. The number of rotatable bonds is 7. The number of aromatic nitrogens is 4. The fourth-order valence-corrected chi connectivity index (χ4v) is 3.52. The lowest BCUT2D eigenvalue weighted by molar-refractivity contribution is -0.127. The van der Waals surface area contributed by atoms with Gasteiger partial charge in [-0.2, -0.15) is 0 Å². The molecule has 2 heterocycles. The third-order valence-corrected chi connectivity index (χ3v) is 5.38. The minimum absolute atomic E-state index is 0.0630. The van der Waals surface area contributed by atoms with Gasteiger partial charge in [-0.15, -0.1) is 10.2 Å². The molecule has 2 aromatic heterocycles. The van der Waals surface area contributed by atoms with E-state index < -0.39 is 0 Å². The van der Waals surface area contributed by atoms with E-state index in [9.17, 15) is 4.79 Å². The molecule has 3 rings (SSSR count). The molecule has 0 N–H and O–H groups in total. The van der Waals surface area contributed by atoms with Crippen molar-refractivity contribution in [3.63, 3.8) is 0 Å². The molecule has 7 heteroatoms. The van der Waals surface area contributed by atoms with Crippen LogP contribution in [0.2, 0.25) is 0 Å². The molecule has 0 bridgehead atoms. The van der Waals surface area contributed by atoms with Gasteiger partial charge < -0.3 is 9.47 Å². The van der Waals surface area contributed by atoms with Crippen LogP contribution < -0.4 is 0 Å². The van der Waals surface area contributed by atoms with E-state index >= 15 is 0 Å². The van der Waals surface area contributed by atoms with Gasteiger partial charge in [0.15, 0.2) is 11.0 Å². The second-order valence-corrected chi connectivity index (χ2v) is 7.25. The molecule has 1 amide bonds. The summed E-state index contributed by atoms with van der Waals surface area (Å²) in [6.07, 6.45) is 4.47. The Morgan fingerprint density at radius 2 is 1.74 bits per heavy atom. The standard InChI is InChI=1S/C20H23N5OS/c1-4-15-5-7-16(8-6-15)13-24(2)18(26)14-27-20-23-22-19(25(20)3)17-9-11-21-12-10-17/h5-12H,4,13-14H2,1-3H3. The van der Waals surface area contributed by atoms with E-state index in [1.54, 1.807) is 17.3 Å². The van der Waals surface area contributed by atoms with Gasteiger partial charge in [-0.3, -0.25) is 9.78 Å². The maximum absolute atomic E-state index is 12.5. The van der Waals surface area contributed by atoms with Crippen LogP contribution in [0.15, 0.2) is 53.9 Å². The first-order chi connectivity index (χ1) is 13.1. The lowest BCUT2D eigenvalue weighted by atomic mass is 10.1. The summed E-state index contributed by atoms with van der Waals surface area (Å²) in [6.45, 7) is 2.74. The van der Waals surface area contributed by atoms with Crippen molar-refractivity contribution in [2.75, 3.05) is 12.8 Å². The molecule has 0 aliphatic rings. The Morgan fingerprint density at radius 1 is 1.07 bits per heavy atom. The van der Waals surface area contributed by atoms with Crippen LogP contribution in [0.25, 0.3) is 11.4 Å². The molecule has 0 aliphatic heterocycles. The fourth-order valence-electron chi connectivity index (χ4n) is 2.67. The number of amides is 1. The average molecular weight is 382 g/mol. The Labute approximate surface area is 163 Å². The molecule has 0 radical (unpaired) electrons. The van der Waals surface area contributed by atoms with Crippen LogP contribution in [0.5, 0.6) is 0 Å². The maximum Gasteiger partial charge on any atom is 0.233 e. The van der Waals surface area contributed by atoms with E-state index in [4.69, 9.17) is 0 Å². The topological polar surface area (TPSA) is 63.9 Å². The highest BCUT2D eigenvalue weighted by Crippen LogP contribution is 2.22. The Hall–Kier alpha value is -2.67. The van der Waals surface area contributed by atoms with E-state index in [2.05, 4.69) is 46.4 Å². The Kier molecular flexibility index (Phi) is 6.24. The van der Waals surface area contributed by atoms with Crippen LogP contribution >= 0.6 is 11.8 Å². The van der Waals surface area contributed by atoms with E-state index in [1.807, 2.05) is 30.8 Å². The Bertz CT molecular complexity index is 892. The molecule has 140 valence electrons. The molecule has 0 saturated heterocycles. The number of aryl methyl sites for hydroxylation is 1. The smallest absolute Gasteiger partial charge is 0.233 e. The van der Waals surface area contributed by atoms with Gasteiger partial charge in [0.1, 0.15) is 0 Å². The molecule has 0 unspecified atom stereocenters. The fraction of sp³-hybridized carbons (Fsp3) is 0.300. The third kappa shape index (κ3) is 4.74. The monoisotopic (exact) mass is 381 g/mol. The predicted octanol–water partition coefficient (Wildman–Crippen LogP) is 3.19. The number of benzene rings is 1. The summed E-state index contributed by atoms with van der Waals surface area (Å²) in [5, 5.41) is 9.16. The van der Waals surface area contributed by atoms with Crippen molar-refractivity contribution in [3.05, 3.63) is 59.9 Å². The lowest BCUT2D eigenvalue weighted by Crippen LogP contribution is -2.27. The van der Waals surface area contributed by atoms with E-state index in [1.165, 1.54) is 17.3 Å². The van der Waals surface area contributed by atoms with Crippen molar-refractivity contribution in [2.24, 2.45) is 7.05 Å². The quantitative estimate of drug-likeness (QED) is 0.588. The van der Waals surface area contributed by atoms with Crippen LogP contribution in [0.3, 0.4) is 0 Å². The zero-order valence-corrected chi connectivity index (χ0v) is 16.6. The number of carbonyl (C=O) groups excluding carboxylic acids is 1. The summed E-state index contributed by atoms with van der Waals surface area (Å²) in [6, 6.07) is 12.2. The second-order valence-electron chi connectivity index (χ2n) is 6.31. The lowest BCUT2D eigenvalue weighted by Gasteiger charge is -2.17. The van der Waals surface area contributed by atoms with Gasteiger partial charge in [0.25, 0.3) is 0 Å². The molecular formula is C20H23N5OS. The number of carbonyl (C=O) groups is 1. The minimum Gasteiger partial charge on any atom is -0.341 e. The van der Waals surface area contributed by atoms with Crippen molar-refractivity contribution >= 4 is 17.7 Å². The summed E-state index contributed by atoms with van der Waals surface area (Å²) in [4.78, 5) is 18.2. The van der Waals surface area contributed by atoms with Gasteiger partial charge in [-0.1, -0.05) is 43.0 Å². The normalized spacial score (nSPS) is 10.8. The van der Waals surface area contributed by atoms with Crippen molar-refractivity contribution in [2.45, 2.75) is 25.0 Å². The largest absolute Gasteiger partial charge is 0.341 e. The van der Waals surface area contributed by atoms with Crippen molar-refractivity contribution < 1.29 is 4.79 Å². The van der Waals surface area contributed by atoms with Crippen LogP contribution in [0.4, 0.5) is 0 Å². The molecule has 3 aromatic rings. The second kappa shape index (κ2) is 8.81. The van der Waals surface area contributed by atoms with Crippen LogP contribution in [-0.4, -0.2) is 43.4 Å². The predicted molar refractivity (Wildman–Crippen MR) is 107 cm³/mol. The Balaban J connectivity index is 1.58. The van der Waals surface area contributed by atoms with E-state index in [-0.39, 0.29) is 5.91 Å². The van der Waals surface area contributed by atoms with Gasteiger partial charge in [0, 0.05) is 38.6 Å². The van der Waals surface area contributed by atoms with E-state index in [0.717, 1.165) is 28.5 Å². The summed E-state index contributed by atoms with van der Waals surface area (Å²) in [5.74, 6) is 1.15. The van der Waals surface area contributed by atoms with Gasteiger partial charge in [0.05, 0.1) is 5.75 Å². The minimum atomic E-state index is 0.0630. The molecule has 6 nitrogen and oxygen atoms in total. The summed E-state index contributed by atoms with van der Waals surface area (Å²) >= 11 is 1.40. The van der Waals surface area contributed by atoms with Crippen molar-refractivity contribution in [1.29, 1.82) is 0 Å². The number of thioether (sulfide) groups is 1. The van der Waals surface area contributed by atoms with E-state index in [0.29, 0.717) is 12.3 Å². The zero-order valence-electron chi connectivity index (χ0n) is 15.8. The van der Waals surface area contributed by atoms with Gasteiger partial charge in [-0.25, -0.2) is 0 Å². The maximum atomic E-state index is 12.5. The molecule has 1 aromatic carbocycles. The first kappa shape index (κ1) is 19.1. The molecule has 0 saturated carbocycles. The highest BCUT2D eigenvalue weighted by Gasteiger charge is 2.15. The third-order valence-electron chi connectivity index (χ3n) is 4.37. The van der Waals surface area contributed by atoms with Crippen LogP contribution in [-0.2, 0) is 24.8 Å². The first-order valence-electron chi connectivity index (χ1n) is 8.83. The molecule has 0 fully saturated rings. The number of nitrogens with zero attached hydrogens (tertiary/aromatic N) is 5. The molecule has 27 heavy (non-hydrogen) atoms. The summed E-state index contributed by atoms with van der Waals surface area (Å²) in [5.41, 5.74) is 3.38. The zero-order chi connectivity index (χ0) is 19.2. The molecule has 0 atom stereocenters. The van der Waals surface area contributed by atoms with Crippen molar-refractivity contribution in [1.82, 2.24) is 24.6 Å². The first-order valence-corrected chi connectivity index (χ1v) is 9.81. The number of hydrogen-bond donors (Lipinski definition) is 0. The van der Waals surface area contributed by atoms with Crippen LogP contribution in [0.1, 0.15) is 18.1 Å². The molecular weight excluding hydrogens is 358 g/mol. The van der Waals surface area contributed by atoms with Crippen LogP contribution in [0, 0.1) is 0 Å². The van der Waals surface area contributed by atoms with Gasteiger partial charge >= 0.3 is 0 Å². The number of hydrogen-bond acceptors (Lipinski definition) is 5. The van der Waals surface area contributed by atoms with Crippen molar-refractivity contribution in [3.8, 4) is 11.4 Å². The SMILES string of the molecule is CCc1ccc(CN(C)C(=O)CSc2nnc(-c3ccncc3)n2C)cc1. The highest BCUT2D eigenvalue weighted by atomic mass is 32.2. The molecule has 0 spiro atoms. The van der Waals surface area contributed by atoms with Gasteiger partial charge in [0.2, 0.25) is 5.91 Å². The average Bonchev–Trinajstić information content (AvgIpc) is 3.07. The van der Waals surface area contributed by atoms with Gasteiger partial charge in [-0.05, 0) is 29.7 Å².